The van der Waals surface area contributed by atoms with Crippen LogP contribution >= 0.6 is 0 Å². The molecule has 0 amide bonds. The second-order valence-corrected chi connectivity index (χ2v) is 4.69. The van der Waals surface area contributed by atoms with E-state index in [4.69, 9.17) is 0 Å². The summed E-state index contributed by atoms with van der Waals surface area (Å²) < 4.78 is 0. The van der Waals surface area contributed by atoms with Gasteiger partial charge in [-0.05, 0) is 52.7 Å². The molecule has 0 bridgehead atoms. The summed E-state index contributed by atoms with van der Waals surface area (Å²) >= 11 is 0. The van der Waals surface area contributed by atoms with Crippen LogP contribution in [0.1, 0.15) is 27.6 Å². The lowest BCUT2D eigenvalue weighted by atomic mass is 9.99. The molecule has 0 aromatic heterocycles. The summed E-state index contributed by atoms with van der Waals surface area (Å²) in [5, 5.41) is 4.21. The minimum Gasteiger partial charge on any atom is -0.298 e. The highest BCUT2D eigenvalue weighted by Crippen LogP contribution is 2.24. The molecular formula is C17H12O2. The molecule has 3 aromatic rings. The third-order valence-corrected chi connectivity index (χ3v) is 3.36. The third-order valence-electron chi connectivity index (χ3n) is 3.36. The number of carbonyl (C=O) groups excluding carboxylic acids is 2. The van der Waals surface area contributed by atoms with Crippen molar-refractivity contribution in [3.63, 3.8) is 0 Å². The van der Waals surface area contributed by atoms with E-state index in [9.17, 15) is 9.59 Å². The van der Waals surface area contributed by atoms with Gasteiger partial charge in [0, 0.05) is 11.1 Å². The second kappa shape index (κ2) is 4.32. The van der Waals surface area contributed by atoms with Crippen LogP contribution in [0.4, 0.5) is 0 Å². The zero-order valence-corrected chi connectivity index (χ0v) is 10.5. The van der Waals surface area contributed by atoms with Gasteiger partial charge in [0.25, 0.3) is 0 Å². The van der Waals surface area contributed by atoms with Gasteiger partial charge >= 0.3 is 0 Å². The standard InChI is InChI=1S/C17H12O2/c1-11(19)13-4-5-15-8-16-6-12(10-18)2-3-14(16)9-17(15)7-13/h2-10H,1H3. The fourth-order valence-corrected chi connectivity index (χ4v) is 2.31. The maximum Gasteiger partial charge on any atom is 0.159 e. The maximum atomic E-state index is 11.4. The van der Waals surface area contributed by atoms with E-state index in [1.165, 1.54) is 0 Å². The third kappa shape index (κ3) is 2.02. The minimum absolute atomic E-state index is 0.0679. The Morgan fingerprint density at radius 2 is 1.47 bits per heavy atom. The van der Waals surface area contributed by atoms with Crippen molar-refractivity contribution in [1.82, 2.24) is 0 Å². The number of Topliss-reactive ketones (excluding diaryl/α,β-unsaturated/α-hetero) is 1. The first-order chi connectivity index (χ1) is 9.17. The molecule has 2 nitrogen and oxygen atoms in total. The molecule has 3 rings (SSSR count). The van der Waals surface area contributed by atoms with Crippen LogP contribution in [0.2, 0.25) is 0 Å². The van der Waals surface area contributed by atoms with Gasteiger partial charge in [0.05, 0.1) is 0 Å². The van der Waals surface area contributed by atoms with E-state index in [1.54, 1.807) is 13.0 Å². The van der Waals surface area contributed by atoms with Crippen LogP contribution in [0, 0.1) is 0 Å². The molecule has 0 aliphatic rings. The van der Waals surface area contributed by atoms with Crippen LogP contribution in [-0.2, 0) is 0 Å². The highest BCUT2D eigenvalue weighted by atomic mass is 16.1. The van der Waals surface area contributed by atoms with Crippen LogP contribution in [0.5, 0.6) is 0 Å². The molecular weight excluding hydrogens is 236 g/mol. The van der Waals surface area contributed by atoms with Gasteiger partial charge in [0.1, 0.15) is 6.29 Å². The van der Waals surface area contributed by atoms with E-state index in [2.05, 4.69) is 0 Å². The van der Waals surface area contributed by atoms with Crippen molar-refractivity contribution in [3.8, 4) is 0 Å². The SMILES string of the molecule is CC(=O)c1ccc2cc3cc(C=O)ccc3cc2c1. The number of rotatable bonds is 2. The summed E-state index contributed by atoms with van der Waals surface area (Å²) in [6.07, 6.45) is 0.850. The molecule has 3 aromatic carbocycles. The molecule has 92 valence electrons. The first-order valence-corrected chi connectivity index (χ1v) is 6.11. The van der Waals surface area contributed by atoms with Gasteiger partial charge in [-0.15, -0.1) is 0 Å². The Bertz CT molecular complexity index is 816. The molecule has 0 fully saturated rings. The predicted octanol–water partition coefficient (Wildman–Crippen LogP) is 4.01. The number of ketones is 1. The second-order valence-electron chi connectivity index (χ2n) is 4.69. The molecule has 0 unspecified atom stereocenters. The Balaban J connectivity index is 2.31. The van der Waals surface area contributed by atoms with Gasteiger partial charge in [-0.25, -0.2) is 0 Å². The van der Waals surface area contributed by atoms with Gasteiger partial charge in [-0.3, -0.25) is 9.59 Å². The summed E-state index contributed by atoms with van der Waals surface area (Å²) in [6, 6.07) is 15.4. The quantitative estimate of drug-likeness (QED) is 0.390. The zero-order chi connectivity index (χ0) is 13.4. The van der Waals surface area contributed by atoms with Crippen LogP contribution < -0.4 is 0 Å². The molecule has 2 heteroatoms. The summed E-state index contributed by atoms with van der Waals surface area (Å²) in [5.74, 6) is 0.0679. The Morgan fingerprint density at radius 3 is 2.11 bits per heavy atom. The zero-order valence-electron chi connectivity index (χ0n) is 10.5. The lowest BCUT2D eigenvalue weighted by molar-refractivity contribution is 0.101. The molecule has 0 heterocycles. The van der Waals surface area contributed by atoms with Gasteiger partial charge < -0.3 is 0 Å². The smallest absolute Gasteiger partial charge is 0.159 e. The first kappa shape index (κ1) is 11.6. The van der Waals surface area contributed by atoms with Crippen molar-refractivity contribution >= 4 is 33.6 Å². The lowest BCUT2D eigenvalue weighted by Gasteiger charge is -2.04. The van der Waals surface area contributed by atoms with Crippen molar-refractivity contribution in [2.45, 2.75) is 6.92 Å². The first-order valence-electron chi connectivity index (χ1n) is 6.11. The van der Waals surface area contributed by atoms with Gasteiger partial charge in [0.2, 0.25) is 0 Å². The summed E-state index contributed by atoms with van der Waals surface area (Å²) in [4.78, 5) is 22.2. The lowest BCUT2D eigenvalue weighted by Crippen LogP contribution is -1.91. The molecule has 0 spiro atoms. The average molecular weight is 248 g/mol. The summed E-state index contributed by atoms with van der Waals surface area (Å²) in [7, 11) is 0. The Hall–Kier alpha value is -2.48. The number of aldehydes is 1. The minimum atomic E-state index is 0.0679. The summed E-state index contributed by atoms with van der Waals surface area (Å²) in [5.41, 5.74) is 1.39. The molecule has 0 saturated carbocycles. The van der Waals surface area contributed by atoms with Crippen molar-refractivity contribution in [1.29, 1.82) is 0 Å². The van der Waals surface area contributed by atoms with Crippen LogP contribution in [0.3, 0.4) is 0 Å². The van der Waals surface area contributed by atoms with Crippen LogP contribution in [0.15, 0.2) is 48.5 Å². The number of carbonyl (C=O) groups is 2. The van der Waals surface area contributed by atoms with E-state index in [-0.39, 0.29) is 5.78 Å². The summed E-state index contributed by atoms with van der Waals surface area (Å²) in [6.45, 7) is 1.57. The van der Waals surface area contributed by atoms with E-state index in [1.807, 2.05) is 42.5 Å². The number of benzene rings is 3. The molecule has 0 aliphatic carbocycles. The highest BCUT2D eigenvalue weighted by molar-refractivity contribution is 6.03. The number of fused-ring (bicyclic) bond motifs is 2. The van der Waals surface area contributed by atoms with Crippen LogP contribution in [-0.4, -0.2) is 12.1 Å². The Morgan fingerprint density at radius 1 is 0.842 bits per heavy atom. The fraction of sp³-hybridized carbons (Fsp3) is 0.0588. The van der Waals surface area contributed by atoms with Crippen molar-refractivity contribution in [2.24, 2.45) is 0 Å². The molecule has 0 atom stereocenters. The van der Waals surface area contributed by atoms with Gasteiger partial charge in [0.15, 0.2) is 5.78 Å². The van der Waals surface area contributed by atoms with Crippen molar-refractivity contribution in [3.05, 3.63) is 59.7 Å². The maximum absolute atomic E-state index is 11.4. The monoisotopic (exact) mass is 248 g/mol. The van der Waals surface area contributed by atoms with Gasteiger partial charge in [-0.2, -0.15) is 0 Å². The predicted molar refractivity (Wildman–Crippen MR) is 76.8 cm³/mol. The van der Waals surface area contributed by atoms with E-state index >= 15 is 0 Å². The number of hydrogen-bond acceptors (Lipinski definition) is 2. The van der Waals surface area contributed by atoms with Gasteiger partial charge in [-0.1, -0.05) is 24.3 Å². The largest absolute Gasteiger partial charge is 0.298 e. The van der Waals surface area contributed by atoms with Crippen molar-refractivity contribution < 1.29 is 9.59 Å². The average Bonchev–Trinajstić information content (AvgIpc) is 2.43. The molecule has 19 heavy (non-hydrogen) atoms. The van der Waals surface area contributed by atoms with Crippen LogP contribution in [0.25, 0.3) is 21.5 Å². The molecule has 0 N–H and O–H groups in total. The molecule has 0 radical (unpaired) electrons. The highest BCUT2D eigenvalue weighted by Gasteiger charge is 2.03. The molecule has 0 aliphatic heterocycles. The Kier molecular flexibility index (Phi) is 2.64. The topological polar surface area (TPSA) is 34.1 Å². The van der Waals surface area contributed by atoms with E-state index < -0.39 is 0 Å². The van der Waals surface area contributed by atoms with Crippen molar-refractivity contribution in [2.75, 3.05) is 0 Å². The van der Waals surface area contributed by atoms with E-state index in [0.29, 0.717) is 5.56 Å². The van der Waals surface area contributed by atoms with E-state index in [0.717, 1.165) is 33.4 Å². The normalized spacial score (nSPS) is 10.8. The Labute approximate surface area is 110 Å². The fourth-order valence-electron chi connectivity index (χ4n) is 2.31. The molecule has 0 saturated heterocycles. The number of hydrogen-bond donors (Lipinski definition) is 0.